The van der Waals surface area contributed by atoms with Crippen molar-refractivity contribution in [1.29, 1.82) is 0 Å². The Balaban J connectivity index is 2.44. The standard InChI is InChI=1S/C12H11BrO2/c13-9-4-10-15-12(14)8-7-11-5-2-1-3-6-11/h1-8,10H,9H2/b8-7+,10-4+. The van der Waals surface area contributed by atoms with E-state index in [1.807, 2.05) is 30.3 Å². The predicted octanol–water partition coefficient (Wildman–Crippen LogP) is 3.15. The van der Waals surface area contributed by atoms with Gasteiger partial charge in [0.1, 0.15) is 0 Å². The Labute approximate surface area is 97.4 Å². The van der Waals surface area contributed by atoms with Crippen molar-refractivity contribution in [2.75, 3.05) is 5.33 Å². The second-order valence-corrected chi connectivity index (χ2v) is 3.35. The maximum absolute atomic E-state index is 11.1. The molecule has 78 valence electrons. The van der Waals surface area contributed by atoms with Crippen LogP contribution in [-0.4, -0.2) is 11.3 Å². The van der Waals surface area contributed by atoms with Gasteiger partial charge in [0.15, 0.2) is 0 Å². The number of carbonyl (C=O) groups is 1. The van der Waals surface area contributed by atoms with Crippen LogP contribution >= 0.6 is 15.9 Å². The largest absolute Gasteiger partial charge is 0.432 e. The van der Waals surface area contributed by atoms with Gasteiger partial charge in [0.05, 0.1) is 6.26 Å². The van der Waals surface area contributed by atoms with Crippen molar-refractivity contribution in [3.05, 3.63) is 54.3 Å². The highest BCUT2D eigenvalue weighted by Crippen LogP contribution is 2.01. The van der Waals surface area contributed by atoms with Crippen LogP contribution in [0.2, 0.25) is 0 Å². The number of alkyl halides is 1. The first-order valence-corrected chi connectivity index (χ1v) is 5.60. The van der Waals surface area contributed by atoms with E-state index in [0.717, 1.165) is 5.56 Å². The molecule has 0 aliphatic rings. The number of allylic oxidation sites excluding steroid dienone is 1. The average molecular weight is 267 g/mol. The van der Waals surface area contributed by atoms with Gasteiger partial charge in [-0.25, -0.2) is 4.79 Å². The van der Waals surface area contributed by atoms with E-state index in [1.54, 1.807) is 12.2 Å². The highest BCUT2D eigenvalue weighted by molar-refractivity contribution is 9.09. The Kier molecular flexibility index (Phi) is 5.48. The van der Waals surface area contributed by atoms with Crippen LogP contribution in [0.3, 0.4) is 0 Å². The van der Waals surface area contributed by atoms with Crippen LogP contribution in [0.4, 0.5) is 0 Å². The van der Waals surface area contributed by atoms with Gasteiger partial charge >= 0.3 is 5.97 Å². The molecule has 0 unspecified atom stereocenters. The zero-order valence-corrected chi connectivity index (χ0v) is 9.68. The first-order valence-electron chi connectivity index (χ1n) is 4.47. The molecule has 0 aromatic heterocycles. The highest BCUT2D eigenvalue weighted by Gasteiger charge is 1.92. The summed E-state index contributed by atoms with van der Waals surface area (Å²) in [5, 5.41) is 0.669. The fourth-order valence-corrected chi connectivity index (χ4v) is 1.07. The third-order valence-electron chi connectivity index (χ3n) is 1.58. The molecule has 0 spiro atoms. The minimum absolute atomic E-state index is 0.379. The zero-order chi connectivity index (χ0) is 10.9. The number of carbonyl (C=O) groups excluding carboxylic acids is 1. The molecule has 0 radical (unpaired) electrons. The second kappa shape index (κ2) is 7.01. The molecular formula is C12H11BrO2. The van der Waals surface area contributed by atoms with E-state index in [0.29, 0.717) is 5.33 Å². The van der Waals surface area contributed by atoms with Crippen LogP contribution in [0.15, 0.2) is 48.7 Å². The summed E-state index contributed by atoms with van der Waals surface area (Å²) >= 11 is 3.18. The maximum Gasteiger partial charge on any atom is 0.335 e. The molecule has 1 aromatic rings. The van der Waals surface area contributed by atoms with Crippen LogP contribution in [0, 0.1) is 0 Å². The third kappa shape index (κ3) is 5.18. The Morgan fingerprint density at radius 1 is 1.33 bits per heavy atom. The van der Waals surface area contributed by atoms with Crippen LogP contribution < -0.4 is 0 Å². The molecule has 0 aliphatic carbocycles. The summed E-state index contributed by atoms with van der Waals surface area (Å²) in [6.07, 6.45) is 6.18. The number of benzene rings is 1. The molecule has 1 aromatic carbocycles. The van der Waals surface area contributed by atoms with Crippen molar-refractivity contribution >= 4 is 28.0 Å². The van der Waals surface area contributed by atoms with Gasteiger partial charge in [-0.2, -0.15) is 0 Å². The highest BCUT2D eigenvalue weighted by atomic mass is 79.9. The number of ether oxygens (including phenoxy) is 1. The van der Waals surface area contributed by atoms with Crippen molar-refractivity contribution in [3.63, 3.8) is 0 Å². The summed E-state index contributed by atoms with van der Waals surface area (Å²) < 4.78 is 4.77. The number of hydrogen-bond donors (Lipinski definition) is 0. The summed E-state index contributed by atoms with van der Waals surface area (Å²) in [6, 6.07) is 9.58. The average Bonchev–Trinajstić information content (AvgIpc) is 2.28. The molecule has 0 amide bonds. The number of halogens is 1. The van der Waals surface area contributed by atoms with E-state index in [2.05, 4.69) is 15.9 Å². The molecule has 0 N–H and O–H groups in total. The molecule has 0 atom stereocenters. The fourth-order valence-electron chi connectivity index (χ4n) is 0.919. The summed E-state index contributed by atoms with van der Waals surface area (Å²) in [5.41, 5.74) is 0.971. The minimum Gasteiger partial charge on any atom is -0.432 e. The van der Waals surface area contributed by atoms with Crippen LogP contribution in [-0.2, 0) is 9.53 Å². The van der Waals surface area contributed by atoms with Crippen molar-refractivity contribution in [3.8, 4) is 0 Å². The number of rotatable bonds is 4. The van der Waals surface area contributed by atoms with E-state index in [9.17, 15) is 4.79 Å². The second-order valence-electron chi connectivity index (χ2n) is 2.71. The SMILES string of the molecule is O=C(/C=C/c1ccccc1)O/C=C/CBr. The van der Waals surface area contributed by atoms with Gasteiger partial charge in [0.2, 0.25) is 0 Å². The predicted molar refractivity (Wildman–Crippen MR) is 64.5 cm³/mol. The lowest BCUT2D eigenvalue weighted by Gasteiger charge is -1.92. The Morgan fingerprint density at radius 2 is 2.07 bits per heavy atom. The van der Waals surface area contributed by atoms with Crippen LogP contribution in [0.5, 0.6) is 0 Å². The smallest absolute Gasteiger partial charge is 0.335 e. The summed E-state index contributed by atoms with van der Waals surface area (Å²) in [5.74, 6) is -0.379. The number of esters is 1. The first-order chi connectivity index (χ1) is 7.33. The molecule has 0 saturated carbocycles. The summed E-state index contributed by atoms with van der Waals surface area (Å²) in [4.78, 5) is 11.1. The quantitative estimate of drug-likeness (QED) is 0.362. The van der Waals surface area contributed by atoms with Gasteiger partial charge in [-0.3, -0.25) is 0 Å². The van der Waals surface area contributed by atoms with E-state index >= 15 is 0 Å². The molecule has 0 aliphatic heterocycles. The van der Waals surface area contributed by atoms with Gasteiger partial charge in [-0.15, -0.1) is 0 Å². The Morgan fingerprint density at radius 3 is 2.73 bits per heavy atom. The van der Waals surface area contributed by atoms with Crippen LogP contribution in [0.25, 0.3) is 6.08 Å². The molecule has 0 saturated heterocycles. The van der Waals surface area contributed by atoms with E-state index in [-0.39, 0.29) is 5.97 Å². The Bertz CT molecular complexity index is 355. The van der Waals surface area contributed by atoms with Crippen molar-refractivity contribution in [2.45, 2.75) is 0 Å². The van der Waals surface area contributed by atoms with Crippen molar-refractivity contribution in [1.82, 2.24) is 0 Å². The lowest BCUT2D eigenvalue weighted by atomic mass is 10.2. The topological polar surface area (TPSA) is 26.3 Å². The van der Waals surface area contributed by atoms with Gasteiger partial charge in [0, 0.05) is 11.4 Å². The molecular weight excluding hydrogens is 256 g/mol. The minimum atomic E-state index is -0.379. The van der Waals surface area contributed by atoms with Crippen molar-refractivity contribution in [2.24, 2.45) is 0 Å². The lowest BCUT2D eigenvalue weighted by Crippen LogP contribution is -1.93. The van der Waals surface area contributed by atoms with Gasteiger partial charge in [-0.05, 0) is 17.7 Å². The molecule has 2 nitrogen and oxygen atoms in total. The van der Waals surface area contributed by atoms with Crippen molar-refractivity contribution < 1.29 is 9.53 Å². The fraction of sp³-hybridized carbons (Fsp3) is 0.0833. The van der Waals surface area contributed by atoms with Gasteiger partial charge < -0.3 is 4.74 Å². The Hall–Kier alpha value is -1.35. The molecule has 15 heavy (non-hydrogen) atoms. The zero-order valence-electron chi connectivity index (χ0n) is 8.10. The summed E-state index contributed by atoms with van der Waals surface area (Å²) in [6.45, 7) is 0. The molecule has 0 bridgehead atoms. The van der Waals surface area contributed by atoms with Gasteiger partial charge in [0.25, 0.3) is 0 Å². The first kappa shape index (κ1) is 11.7. The third-order valence-corrected chi connectivity index (χ3v) is 1.95. The molecule has 1 rings (SSSR count). The van der Waals surface area contributed by atoms with Gasteiger partial charge in [-0.1, -0.05) is 46.3 Å². The van der Waals surface area contributed by atoms with E-state index in [1.165, 1.54) is 12.3 Å². The normalized spacial score (nSPS) is 11.0. The molecule has 3 heteroatoms. The van der Waals surface area contributed by atoms with E-state index in [4.69, 9.17) is 4.74 Å². The summed E-state index contributed by atoms with van der Waals surface area (Å²) in [7, 11) is 0. The van der Waals surface area contributed by atoms with E-state index < -0.39 is 0 Å². The molecule has 0 heterocycles. The number of hydrogen-bond acceptors (Lipinski definition) is 2. The lowest BCUT2D eigenvalue weighted by molar-refractivity contribution is -0.132. The monoisotopic (exact) mass is 266 g/mol. The van der Waals surface area contributed by atoms with Crippen LogP contribution in [0.1, 0.15) is 5.56 Å². The maximum atomic E-state index is 11.1. The molecule has 0 fully saturated rings.